The topological polar surface area (TPSA) is 61.4 Å². The van der Waals surface area contributed by atoms with E-state index in [-0.39, 0.29) is 16.5 Å². The van der Waals surface area contributed by atoms with Crippen LogP contribution in [0.1, 0.15) is 42.5 Å². The largest absolute Gasteiger partial charge is 0.508 e. The maximum Gasteiger partial charge on any atom is 0.269 e. The van der Waals surface area contributed by atoms with Crippen LogP contribution < -0.4 is 10.9 Å². The molecular weight excluding hydrogens is 300 g/mol. The van der Waals surface area contributed by atoms with Crippen molar-refractivity contribution in [3.05, 3.63) is 41.1 Å². The standard InChI is InChI=1S/C17H19ClN2O2/c18-17-7-10-4-12(8-17)15(13(5-10)9-17)19-20-16(22)11-2-1-3-14(21)6-11/h1-3,6,10,12,19,21H,4-5,7-9H2,(H,20,22). The molecule has 1 amide bonds. The van der Waals surface area contributed by atoms with Crippen molar-refractivity contribution in [1.82, 2.24) is 10.9 Å². The second-order valence-electron chi connectivity index (χ2n) is 6.89. The first-order valence-electron chi connectivity index (χ1n) is 7.79. The zero-order valence-corrected chi connectivity index (χ0v) is 13.0. The molecule has 22 heavy (non-hydrogen) atoms. The van der Waals surface area contributed by atoms with E-state index in [1.54, 1.807) is 18.2 Å². The maximum absolute atomic E-state index is 12.2. The molecule has 4 aliphatic carbocycles. The number of aromatic hydroxyl groups is 1. The van der Waals surface area contributed by atoms with Crippen molar-refractivity contribution in [3.63, 3.8) is 0 Å². The third-order valence-electron chi connectivity index (χ3n) is 5.16. The Hall–Kier alpha value is -1.68. The first kappa shape index (κ1) is 13.9. The van der Waals surface area contributed by atoms with Crippen LogP contribution in [-0.4, -0.2) is 15.9 Å². The van der Waals surface area contributed by atoms with E-state index < -0.39 is 0 Å². The van der Waals surface area contributed by atoms with E-state index >= 15 is 0 Å². The van der Waals surface area contributed by atoms with Crippen LogP contribution in [0.5, 0.6) is 5.75 Å². The van der Waals surface area contributed by atoms with Gasteiger partial charge in [0.15, 0.2) is 0 Å². The monoisotopic (exact) mass is 318 g/mol. The summed E-state index contributed by atoms with van der Waals surface area (Å²) in [6.07, 6.45) is 5.35. The SMILES string of the molecule is O=C(NNC1=C2CC3CC1CC(Cl)(C2)C3)c1cccc(O)c1. The molecule has 4 bridgehead atoms. The number of phenolic OH excluding ortho intramolecular Hbond substituents is 1. The van der Waals surface area contributed by atoms with E-state index in [9.17, 15) is 9.90 Å². The van der Waals surface area contributed by atoms with Gasteiger partial charge in [-0.05, 0) is 61.8 Å². The fraction of sp³-hybridized carbons (Fsp3) is 0.471. The zero-order valence-electron chi connectivity index (χ0n) is 12.2. The summed E-state index contributed by atoms with van der Waals surface area (Å²) in [5.41, 5.74) is 8.89. The summed E-state index contributed by atoms with van der Waals surface area (Å²) in [7, 11) is 0. The molecular formula is C17H19ClN2O2. The van der Waals surface area contributed by atoms with Crippen LogP contribution in [0.15, 0.2) is 35.5 Å². The van der Waals surface area contributed by atoms with Crippen LogP contribution in [-0.2, 0) is 0 Å². The third kappa shape index (κ3) is 2.35. The molecule has 5 rings (SSSR count). The number of rotatable bonds is 3. The Bertz CT molecular complexity index is 672. The summed E-state index contributed by atoms with van der Waals surface area (Å²) in [6.45, 7) is 0. The van der Waals surface area contributed by atoms with Crippen LogP contribution in [0.4, 0.5) is 0 Å². The number of hydrazine groups is 1. The van der Waals surface area contributed by atoms with Crippen molar-refractivity contribution in [2.45, 2.75) is 37.0 Å². The van der Waals surface area contributed by atoms with Crippen LogP contribution in [0.2, 0.25) is 0 Å². The van der Waals surface area contributed by atoms with Gasteiger partial charge in [0.25, 0.3) is 5.91 Å². The summed E-state index contributed by atoms with van der Waals surface area (Å²) in [4.78, 5) is 12.1. The molecule has 3 N–H and O–H groups in total. The highest BCUT2D eigenvalue weighted by molar-refractivity contribution is 6.24. The molecule has 1 aromatic carbocycles. The first-order valence-corrected chi connectivity index (χ1v) is 8.16. The number of carbonyl (C=O) groups is 1. The van der Waals surface area contributed by atoms with Gasteiger partial charge in [0.2, 0.25) is 0 Å². The molecule has 3 unspecified atom stereocenters. The van der Waals surface area contributed by atoms with E-state index in [1.807, 2.05) is 0 Å². The minimum atomic E-state index is -0.238. The lowest BCUT2D eigenvalue weighted by atomic mass is 9.59. The van der Waals surface area contributed by atoms with Gasteiger partial charge in [-0.15, -0.1) is 11.6 Å². The minimum absolute atomic E-state index is 0.0401. The number of nitrogens with one attached hydrogen (secondary N) is 2. The fourth-order valence-corrected chi connectivity index (χ4v) is 5.03. The molecule has 0 saturated heterocycles. The highest BCUT2D eigenvalue weighted by Crippen LogP contribution is 2.57. The molecule has 2 saturated carbocycles. The Morgan fingerprint density at radius 3 is 2.95 bits per heavy atom. The molecule has 4 nitrogen and oxygen atoms in total. The first-order chi connectivity index (χ1) is 10.5. The Balaban J connectivity index is 1.48. The lowest BCUT2D eigenvalue weighted by molar-refractivity contribution is 0.0927. The number of hydrogen-bond donors (Lipinski definition) is 3. The van der Waals surface area contributed by atoms with E-state index in [2.05, 4.69) is 10.9 Å². The normalized spacial score (nSPS) is 32.2. The number of halogens is 1. The number of allylic oxidation sites excluding steroid dienone is 2. The van der Waals surface area contributed by atoms with Crippen molar-refractivity contribution in [1.29, 1.82) is 0 Å². The third-order valence-corrected chi connectivity index (χ3v) is 5.60. The molecule has 1 aromatic rings. The van der Waals surface area contributed by atoms with Gasteiger partial charge in [-0.2, -0.15) is 0 Å². The predicted octanol–water partition coefficient (Wildman–Crippen LogP) is 3.08. The Labute approximate surface area is 134 Å². The average Bonchev–Trinajstić information content (AvgIpc) is 2.44. The Morgan fingerprint density at radius 1 is 1.36 bits per heavy atom. The number of phenols is 1. The Kier molecular flexibility index (Phi) is 3.12. The molecule has 0 spiro atoms. The summed E-state index contributed by atoms with van der Waals surface area (Å²) in [5.74, 6) is 1.01. The molecule has 0 aliphatic heterocycles. The van der Waals surface area contributed by atoms with Gasteiger partial charge in [0, 0.05) is 22.1 Å². The molecule has 3 atom stereocenters. The van der Waals surface area contributed by atoms with Crippen molar-refractivity contribution < 1.29 is 9.90 Å². The molecule has 0 heterocycles. The second-order valence-corrected chi connectivity index (χ2v) is 7.69. The van der Waals surface area contributed by atoms with Crippen LogP contribution in [0.25, 0.3) is 0 Å². The van der Waals surface area contributed by atoms with E-state index in [1.165, 1.54) is 23.8 Å². The van der Waals surface area contributed by atoms with Crippen LogP contribution in [0.3, 0.4) is 0 Å². The van der Waals surface area contributed by atoms with Gasteiger partial charge in [-0.1, -0.05) is 6.07 Å². The summed E-state index contributed by atoms with van der Waals surface area (Å²) < 4.78 is 0. The zero-order chi connectivity index (χ0) is 15.3. The maximum atomic E-state index is 12.2. The minimum Gasteiger partial charge on any atom is -0.508 e. The van der Waals surface area contributed by atoms with Crippen molar-refractivity contribution in [2.24, 2.45) is 11.8 Å². The molecule has 2 fully saturated rings. The number of alkyl halides is 1. The van der Waals surface area contributed by atoms with Gasteiger partial charge < -0.3 is 10.5 Å². The molecule has 116 valence electrons. The molecule has 0 radical (unpaired) electrons. The molecule has 0 aromatic heterocycles. The lowest BCUT2D eigenvalue weighted by Crippen LogP contribution is -2.50. The van der Waals surface area contributed by atoms with Crippen molar-refractivity contribution in [3.8, 4) is 5.75 Å². The van der Waals surface area contributed by atoms with E-state index in [0.29, 0.717) is 17.4 Å². The van der Waals surface area contributed by atoms with E-state index in [0.717, 1.165) is 25.7 Å². The van der Waals surface area contributed by atoms with Gasteiger partial charge in [0.1, 0.15) is 5.75 Å². The quantitative estimate of drug-likeness (QED) is 0.593. The van der Waals surface area contributed by atoms with Crippen molar-refractivity contribution in [2.75, 3.05) is 0 Å². The summed E-state index contributed by atoms with van der Waals surface area (Å²) >= 11 is 6.70. The van der Waals surface area contributed by atoms with Crippen LogP contribution in [0, 0.1) is 11.8 Å². The number of carbonyl (C=O) groups excluding carboxylic acids is 1. The van der Waals surface area contributed by atoms with Gasteiger partial charge in [-0.3, -0.25) is 10.2 Å². The lowest BCUT2D eigenvalue weighted by Gasteiger charge is -2.51. The van der Waals surface area contributed by atoms with E-state index in [4.69, 9.17) is 11.6 Å². The number of benzene rings is 1. The van der Waals surface area contributed by atoms with Gasteiger partial charge in [-0.25, -0.2) is 0 Å². The Morgan fingerprint density at radius 2 is 2.23 bits per heavy atom. The summed E-state index contributed by atoms with van der Waals surface area (Å²) in [5, 5.41) is 9.45. The van der Waals surface area contributed by atoms with Crippen molar-refractivity contribution >= 4 is 17.5 Å². The fourth-order valence-electron chi connectivity index (χ4n) is 4.46. The molecule has 5 heteroatoms. The van der Waals surface area contributed by atoms with Gasteiger partial charge in [0.05, 0.1) is 0 Å². The molecule has 4 aliphatic rings. The van der Waals surface area contributed by atoms with Crippen LogP contribution >= 0.6 is 11.6 Å². The number of amides is 1. The predicted molar refractivity (Wildman–Crippen MR) is 84.4 cm³/mol. The summed E-state index contributed by atoms with van der Waals surface area (Å²) in [6, 6.07) is 6.34. The smallest absolute Gasteiger partial charge is 0.269 e. The van der Waals surface area contributed by atoms with Gasteiger partial charge >= 0.3 is 0 Å². The highest BCUT2D eigenvalue weighted by Gasteiger charge is 2.49. The number of hydrogen-bond acceptors (Lipinski definition) is 3. The highest BCUT2D eigenvalue weighted by atomic mass is 35.5. The second kappa shape index (κ2) is 4.92. The average molecular weight is 319 g/mol.